The fraction of sp³-hybridized carbons (Fsp3) is 0.286. The molecule has 4 heteroatoms. The zero-order chi connectivity index (χ0) is 13.1. The van der Waals surface area contributed by atoms with E-state index in [1.807, 2.05) is 44.2 Å². The van der Waals surface area contributed by atoms with Crippen LogP contribution in [0.5, 0.6) is 0 Å². The van der Waals surface area contributed by atoms with E-state index in [0.29, 0.717) is 5.69 Å². The number of amides is 1. The summed E-state index contributed by atoms with van der Waals surface area (Å²) in [5.74, 6) is -0.0219. The number of hydrogen-bond donors (Lipinski definition) is 2. The van der Waals surface area contributed by atoms with E-state index in [9.17, 15) is 4.79 Å². The predicted octanol–water partition coefficient (Wildman–Crippen LogP) is 1.88. The van der Waals surface area contributed by atoms with Crippen molar-refractivity contribution in [1.82, 2.24) is 10.3 Å². The second-order valence-corrected chi connectivity index (χ2v) is 4.62. The molecule has 3 N–H and O–H groups in total. The lowest BCUT2D eigenvalue weighted by atomic mass is 10.1. The second kappa shape index (κ2) is 5.04. The minimum Gasteiger partial charge on any atom is -0.397 e. The van der Waals surface area contributed by atoms with E-state index in [-0.39, 0.29) is 18.4 Å². The van der Waals surface area contributed by atoms with Crippen molar-refractivity contribution in [2.24, 2.45) is 0 Å². The fourth-order valence-corrected chi connectivity index (χ4v) is 1.85. The Morgan fingerprint density at radius 1 is 1.33 bits per heavy atom. The van der Waals surface area contributed by atoms with Crippen LogP contribution in [-0.2, 0) is 11.2 Å². The molecule has 4 nitrogen and oxygen atoms in total. The van der Waals surface area contributed by atoms with Crippen molar-refractivity contribution in [1.29, 1.82) is 0 Å². The maximum Gasteiger partial charge on any atom is 0.226 e. The number of benzene rings is 1. The van der Waals surface area contributed by atoms with E-state index >= 15 is 0 Å². The molecule has 1 aromatic carbocycles. The van der Waals surface area contributed by atoms with Crippen LogP contribution >= 0.6 is 0 Å². The molecule has 0 aliphatic rings. The van der Waals surface area contributed by atoms with E-state index in [4.69, 9.17) is 5.73 Å². The summed E-state index contributed by atoms with van der Waals surface area (Å²) in [6.07, 6.45) is 0.280. The van der Waals surface area contributed by atoms with Gasteiger partial charge < -0.3 is 11.1 Å². The Balaban J connectivity index is 2.25. The van der Waals surface area contributed by atoms with Crippen LogP contribution in [0.3, 0.4) is 0 Å². The molecule has 0 radical (unpaired) electrons. The Bertz CT molecular complexity index is 578. The van der Waals surface area contributed by atoms with Gasteiger partial charge in [-0.1, -0.05) is 18.2 Å². The third-order valence-electron chi connectivity index (χ3n) is 2.60. The van der Waals surface area contributed by atoms with Crippen molar-refractivity contribution >= 4 is 22.5 Å². The highest BCUT2D eigenvalue weighted by Gasteiger charge is 2.07. The van der Waals surface area contributed by atoms with Crippen molar-refractivity contribution in [3.05, 3.63) is 36.0 Å². The molecule has 18 heavy (non-hydrogen) atoms. The zero-order valence-corrected chi connectivity index (χ0v) is 10.6. The SMILES string of the molecule is CC(C)NC(=O)Cc1ccc2cccc(N)c2n1. The van der Waals surface area contributed by atoms with Gasteiger partial charge in [-0.15, -0.1) is 0 Å². The average Bonchev–Trinajstić information content (AvgIpc) is 2.29. The molecule has 94 valence electrons. The Labute approximate surface area is 106 Å². The quantitative estimate of drug-likeness (QED) is 0.809. The molecule has 1 amide bonds. The summed E-state index contributed by atoms with van der Waals surface area (Å²) in [6.45, 7) is 3.87. The second-order valence-electron chi connectivity index (χ2n) is 4.62. The highest BCUT2D eigenvalue weighted by molar-refractivity contribution is 5.89. The van der Waals surface area contributed by atoms with Crippen molar-refractivity contribution in [2.75, 3.05) is 5.73 Å². The summed E-state index contributed by atoms with van der Waals surface area (Å²) in [5.41, 5.74) is 8.00. The summed E-state index contributed by atoms with van der Waals surface area (Å²) in [4.78, 5) is 16.1. The number of nitrogens with one attached hydrogen (secondary N) is 1. The molecule has 1 heterocycles. The third kappa shape index (κ3) is 2.77. The van der Waals surface area contributed by atoms with Crippen molar-refractivity contribution in [3.63, 3.8) is 0 Å². The maximum atomic E-state index is 11.7. The number of fused-ring (bicyclic) bond motifs is 1. The van der Waals surface area contributed by atoms with Crippen LogP contribution < -0.4 is 11.1 Å². The highest BCUT2D eigenvalue weighted by atomic mass is 16.1. The molecule has 0 aliphatic heterocycles. The first-order valence-corrected chi connectivity index (χ1v) is 6.00. The topological polar surface area (TPSA) is 68.0 Å². The smallest absolute Gasteiger partial charge is 0.226 e. The van der Waals surface area contributed by atoms with Gasteiger partial charge in [-0.3, -0.25) is 9.78 Å². The van der Waals surface area contributed by atoms with Crippen LogP contribution in [0.25, 0.3) is 10.9 Å². The molecule has 1 aromatic heterocycles. The van der Waals surface area contributed by atoms with Crippen LogP contribution in [0.2, 0.25) is 0 Å². The van der Waals surface area contributed by atoms with Crippen LogP contribution in [0, 0.1) is 0 Å². The number of nitrogens with zero attached hydrogens (tertiary/aromatic N) is 1. The first-order chi connectivity index (χ1) is 8.56. The van der Waals surface area contributed by atoms with Gasteiger partial charge in [-0.2, -0.15) is 0 Å². The lowest BCUT2D eigenvalue weighted by molar-refractivity contribution is -0.120. The number of aromatic nitrogens is 1. The number of carbonyl (C=O) groups is 1. The molecular weight excluding hydrogens is 226 g/mol. The van der Waals surface area contributed by atoms with E-state index in [2.05, 4.69) is 10.3 Å². The molecule has 0 aliphatic carbocycles. The van der Waals surface area contributed by atoms with Crippen LogP contribution in [0.15, 0.2) is 30.3 Å². The lowest BCUT2D eigenvalue weighted by Crippen LogP contribution is -2.31. The number of hydrogen-bond acceptors (Lipinski definition) is 3. The summed E-state index contributed by atoms with van der Waals surface area (Å²) >= 11 is 0. The molecule has 0 atom stereocenters. The highest BCUT2D eigenvalue weighted by Crippen LogP contribution is 2.18. The van der Waals surface area contributed by atoms with Gasteiger partial charge in [-0.05, 0) is 26.0 Å². The number of pyridine rings is 1. The number of carbonyl (C=O) groups excluding carboxylic acids is 1. The molecule has 0 unspecified atom stereocenters. The number of para-hydroxylation sites is 1. The van der Waals surface area contributed by atoms with Crippen LogP contribution in [0.4, 0.5) is 5.69 Å². The van der Waals surface area contributed by atoms with Gasteiger partial charge in [0.25, 0.3) is 0 Å². The van der Waals surface area contributed by atoms with Crippen LogP contribution in [-0.4, -0.2) is 16.9 Å². The summed E-state index contributed by atoms with van der Waals surface area (Å²) in [6, 6.07) is 9.61. The van der Waals surface area contributed by atoms with Crippen molar-refractivity contribution < 1.29 is 4.79 Å². The predicted molar refractivity (Wildman–Crippen MR) is 73.1 cm³/mol. The Morgan fingerprint density at radius 2 is 2.11 bits per heavy atom. The normalized spacial score (nSPS) is 10.8. The molecule has 2 aromatic rings. The molecular formula is C14H17N3O. The fourth-order valence-electron chi connectivity index (χ4n) is 1.85. The Hall–Kier alpha value is -2.10. The van der Waals surface area contributed by atoms with Gasteiger partial charge in [0.2, 0.25) is 5.91 Å². The first kappa shape index (κ1) is 12.4. The monoisotopic (exact) mass is 243 g/mol. The minimum atomic E-state index is -0.0219. The summed E-state index contributed by atoms with van der Waals surface area (Å²) in [7, 11) is 0. The third-order valence-corrected chi connectivity index (χ3v) is 2.60. The average molecular weight is 243 g/mol. The molecule has 0 spiro atoms. The Morgan fingerprint density at radius 3 is 2.83 bits per heavy atom. The molecule has 0 fully saturated rings. The standard InChI is InChI=1S/C14H17N3O/c1-9(2)16-13(18)8-11-7-6-10-4-3-5-12(15)14(10)17-11/h3-7,9H,8,15H2,1-2H3,(H,16,18). The van der Waals surface area contributed by atoms with E-state index in [0.717, 1.165) is 16.6 Å². The molecule has 0 bridgehead atoms. The number of rotatable bonds is 3. The van der Waals surface area contributed by atoms with Crippen LogP contribution in [0.1, 0.15) is 19.5 Å². The number of nitrogen functional groups attached to an aromatic ring is 1. The Kier molecular flexibility index (Phi) is 3.46. The first-order valence-electron chi connectivity index (χ1n) is 6.00. The van der Waals surface area contributed by atoms with Gasteiger partial charge in [0.15, 0.2) is 0 Å². The van der Waals surface area contributed by atoms with E-state index in [1.54, 1.807) is 0 Å². The molecule has 0 saturated carbocycles. The van der Waals surface area contributed by atoms with E-state index < -0.39 is 0 Å². The summed E-state index contributed by atoms with van der Waals surface area (Å²) < 4.78 is 0. The van der Waals surface area contributed by atoms with Gasteiger partial charge in [0.1, 0.15) is 0 Å². The number of anilines is 1. The van der Waals surface area contributed by atoms with Crippen molar-refractivity contribution in [3.8, 4) is 0 Å². The zero-order valence-electron chi connectivity index (χ0n) is 10.6. The minimum absolute atomic E-state index is 0.0219. The van der Waals surface area contributed by atoms with Crippen molar-refractivity contribution in [2.45, 2.75) is 26.3 Å². The molecule has 2 rings (SSSR count). The van der Waals surface area contributed by atoms with Gasteiger partial charge in [0, 0.05) is 11.4 Å². The van der Waals surface area contributed by atoms with Gasteiger partial charge in [-0.25, -0.2) is 0 Å². The lowest BCUT2D eigenvalue weighted by Gasteiger charge is -2.08. The van der Waals surface area contributed by atoms with E-state index in [1.165, 1.54) is 0 Å². The van der Waals surface area contributed by atoms with Gasteiger partial charge in [0.05, 0.1) is 23.3 Å². The maximum absolute atomic E-state index is 11.7. The molecule has 0 saturated heterocycles. The summed E-state index contributed by atoms with van der Waals surface area (Å²) in [5, 5.41) is 3.83. The van der Waals surface area contributed by atoms with Gasteiger partial charge >= 0.3 is 0 Å². The largest absolute Gasteiger partial charge is 0.397 e. The number of nitrogens with two attached hydrogens (primary N) is 1.